The van der Waals surface area contributed by atoms with E-state index in [1.807, 2.05) is 35.2 Å². The van der Waals surface area contributed by atoms with Gasteiger partial charge in [-0.05, 0) is 0 Å². The monoisotopic (exact) mass is 884 g/mol. The Morgan fingerprint density at radius 2 is 0.644 bits per heavy atom. The van der Waals surface area contributed by atoms with Crippen LogP contribution in [0.25, 0.3) is 0 Å². The Labute approximate surface area is 319 Å². The van der Waals surface area contributed by atoms with E-state index in [2.05, 4.69) is 17.1 Å². The van der Waals surface area contributed by atoms with Crippen LogP contribution in [-0.2, 0) is 6.54 Å². The highest BCUT2D eigenvalue weighted by atomic mass is 35.5. The van der Waals surface area contributed by atoms with Crippen molar-refractivity contribution in [3.05, 3.63) is 176 Å². The van der Waals surface area contributed by atoms with Crippen LogP contribution in [0.15, 0.2) is 48.9 Å². The zero-order valence-electron chi connectivity index (χ0n) is 27.7. The maximum absolute atomic E-state index is 15.4. The third-order valence-corrected chi connectivity index (χ3v) is 8.84. The minimum absolute atomic E-state index is 0.517. The Bertz CT molecular complexity index is 2280. The minimum atomic E-state index is -7.22. The van der Waals surface area contributed by atoms with E-state index in [1.54, 1.807) is 6.20 Å². The number of halogens is 21. The molecular weight excluding hydrogens is 875 g/mol. The van der Waals surface area contributed by atoms with Gasteiger partial charge >= 0.3 is 0 Å². The molecule has 0 aliphatic rings. The van der Waals surface area contributed by atoms with Crippen LogP contribution >= 0.6 is 11.6 Å². The first-order chi connectivity index (χ1) is 27.5. The SMILES string of the molecule is Clc1c[n+](Cc2ccccc2)ccn1.Fc1c(F)c(F)c([B-](c2c(F)c(F)c(F)c(F)c2F)(c2c(F)c(F)c(F)c(F)c2F)c2c(F)c(F)c(F)c(F)c2F)c(F)c1F. The van der Waals surface area contributed by atoms with Gasteiger partial charge in [-0.25, -0.2) is 92.8 Å². The van der Waals surface area contributed by atoms with E-state index in [-0.39, 0.29) is 0 Å². The Morgan fingerprint density at radius 3 is 0.898 bits per heavy atom. The van der Waals surface area contributed by atoms with Crippen LogP contribution in [0.1, 0.15) is 5.56 Å². The Hall–Kier alpha value is -5.87. The molecule has 59 heavy (non-hydrogen) atoms. The quantitative estimate of drug-likeness (QED) is 0.0547. The Morgan fingerprint density at radius 1 is 0.390 bits per heavy atom. The van der Waals surface area contributed by atoms with Crippen LogP contribution in [0.4, 0.5) is 87.8 Å². The van der Waals surface area contributed by atoms with Crippen molar-refractivity contribution in [2.24, 2.45) is 0 Å². The normalized spacial score (nSPS) is 11.5. The van der Waals surface area contributed by atoms with E-state index in [9.17, 15) is 52.7 Å². The lowest BCUT2D eigenvalue weighted by Gasteiger charge is -2.44. The third-order valence-electron chi connectivity index (χ3n) is 8.64. The van der Waals surface area contributed by atoms with Gasteiger partial charge in [-0.2, -0.15) is 4.57 Å². The van der Waals surface area contributed by atoms with Gasteiger partial charge in [0.15, 0.2) is 87.7 Å². The summed E-state index contributed by atoms with van der Waals surface area (Å²) in [5.41, 5.74) is -13.1. The van der Waals surface area contributed by atoms with Gasteiger partial charge < -0.3 is 0 Å². The lowest BCUT2D eigenvalue weighted by molar-refractivity contribution is -0.688. The predicted molar refractivity (Wildman–Crippen MR) is 164 cm³/mol. The lowest BCUT2D eigenvalue weighted by atomic mass is 9.12. The lowest BCUT2D eigenvalue weighted by Crippen LogP contribution is -2.81. The number of nitrogens with zero attached hydrogens (tertiary/aromatic N) is 2. The van der Waals surface area contributed by atoms with Crippen LogP contribution in [-0.4, -0.2) is 11.1 Å². The van der Waals surface area contributed by atoms with Crippen molar-refractivity contribution in [1.82, 2.24) is 4.98 Å². The summed E-state index contributed by atoms with van der Waals surface area (Å²) in [6.45, 7) is 0.822. The molecule has 0 N–H and O–H groups in total. The summed E-state index contributed by atoms with van der Waals surface area (Å²) in [5.74, 6) is -71.4. The van der Waals surface area contributed by atoms with Gasteiger partial charge in [-0.15, -0.1) is 21.9 Å². The van der Waals surface area contributed by atoms with Gasteiger partial charge in [-0.3, -0.25) is 0 Å². The maximum atomic E-state index is 15.4. The second-order valence-corrected chi connectivity index (χ2v) is 12.2. The first-order valence-electron chi connectivity index (χ1n) is 15.3. The molecule has 1 heterocycles. The fourth-order valence-electron chi connectivity index (χ4n) is 6.17. The molecule has 2 nitrogen and oxygen atoms in total. The number of rotatable bonds is 6. The van der Waals surface area contributed by atoms with E-state index < -0.39 is 144 Å². The highest BCUT2D eigenvalue weighted by molar-refractivity contribution is 7.20. The minimum Gasteiger partial charge on any atom is -0.233 e. The number of hydrogen-bond donors (Lipinski definition) is 0. The first-order valence-corrected chi connectivity index (χ1v) is 15.7. The molecule has 0 amide bonds. The van der Waals surface area contributed by atoms with Crippen LogP contribution in [0.5, 0.6) is 0 Å². The molecule has 0 radical (unpaired) electrons. The summed E-state index contributed by atoms with van der Waals surface area (Å²) in [6.07, 6.45) is -1.80. The van der Waals surface area contributed by atoms with Crippen LogP contribution in [0.3, 0.4) is 0 Å². The van der Waals surface area contributed by atoms with E-state index in [4.69, 9.17) is 11.6 Å². The highest BCUT2D eigenvalue weighted by Gasteiger charge is 2.52. The number of benzene rings is 5. The second kappa shape index (κ2) is 16.4. The largest absolute Gasteiger partial charge is 0.233 e. The summed E-state index contributed by atoms with van der Waals surface area (Å²) in [6, 6.07) is 10.2. The topological polar surface area (TPSA) is 16.8 Å². The molecule has 0 saturated heterocycles. The van der Waals surface area contributed by atoms with Gasteiger partial charge in [0, 0.05) is 5.56 Å². The van der Waals surface area contributed by atoms with Crippen molar-refractivity contribution in [3.8, 4) is 0 Å². The molecule has 0 saturated carbocycles. The van der Waals surface area contributed by atoms with Crippen molar-refractivity contribution in [2.45, 2.75) is 6.54 Å². The molecule has 0 bridgehead atoms. The molecule has 5 aromatic carbocycles. The molecule has 0 unspecified atom stereocenters. The molecule has 0 aliphatic heterocycles. The van der Waals surface area contributed by atoms with Crippen molar-refractivity contribution in [3.63, 3.8) is 0 Å². The number of hydrogen-bond acceptors (Lipinski definition) is 1. The molecule has 6 aromatic rings. The van der Waals surface area contributed by atoms with Gasteiger partial charge in [0.2, 0.25) is 6.20 Å². The van der Waals surface area contributed by atoms with Crippen molar-refractivity contribution >= 4 is 39.6 Å². The van der Waals surface area contributed by atoms with Gasteiger partial charge in [0.25, 0.3) is 0 Å². The third kappa shape index (κ3) is 7.07. The van der Waals surface area contributed by atoms with E-state index >= 15 is 35.1 Å². The molecule has 310 valence electrons. The summed E-state index contributed by atoms with van der Waals surface area (Å²) < 4.78 is 296. The Balaban J connectivity index is 0.000000395. The average Bonchev–Trinajstić information content (AvgIpc) is 3.21. The maximum Gasteiger partial charge on any atom is 0.206 e. The molecule has 1 aromatic heterocycles. The molecule has 0 atom stereocenters. The summed E-state index contributed by atoms with van der Waals surface area (Å²) in [7, 11) is 0. The predicted octanol–water partition coefficient (Wildman–Crippen LogP) is 7.92. The van der Waals surface area contributed by atoms with Gasteiger partial charge in [-0.1, -0.05) is 41.9 Å². The Kier molecular flexibility index (Phi) is 12.3. The summed E-state index contributed by atoms with van der Waals surface area (Å²) in [5, 5.41) is 0.517. The molecule has 0 fully saturated rings. The summed E-state index contributed by atoms with van der Waals surface area (Å²) in [4.78, 5) is 3.93. The van der Waals surface area contributed by atoms with Crippen molar-refractivity contribution < 1.29 is 92.4 Å². The zero-order valence-corrected chi connectivity index (χ0v) is 28.5. The van der Waals surface area contributed by atoms with Crippen LogP contribution in [0, 0.1) is 116 Å². The molecule has 0 spiro atoms. The molecule has 0 aliphatic carbocycles. The van der Waals surface area contributed by atoms with Gasteiger partial charge in [0.1, 0.15) is 52.7 Å². The smallest absolute Gasteiger partial charge is 0.206 e. The van der Waals surface area contributed by atoms with E-state index in [0.29, 0.717) is 5.15 Å². The van der Waals surface area contributed by atoms with E-state index in [0.717, 1.165) is 6.54 Å². The van der Waals surface area contributed by atoms with Crippen molar-refractivity contribution in [1.29, 1.82) is 0 Å². The van der Waals surface area contributed by atoms with E-state index in [1.165, 1.54) is 5.56 Å². The van der Waals surface area contributed by atoms with Crippen LogP contribution in [0.2, 0.25) is 5.15 Å². The second-order valence-electron chi connectivity index (χ2n) is 11.8. The average molecular weight is 885 g/mol. The standard InChI is InChI=1S/C24BF20.C11H10ClN2/c26-5-1(6(27)14(35)21(42)13(5)34)25(2-7(28)15(36)22(43)16(37)8(2)29,3-9(30)17(38)23(44)18(39)10(3)31)4-11(32)19(40)24(45)20(41)12(4)33;12-11-9-14(7-6-13-11)8-10-4-2-1-3-5-10/h;1-7,9H,8H2/q-1;+1. The molecular formula is C35H10BClF20N2. The first kappa shape index (κ1) is 44.2. The van der Waals surface area contributed by atoms with Crippen LogP contribution < -0.4 is 26.4 Å². The fraction of sp³-hybridized carbons (Fsp3) is 0.0286. The van der Waals surface area contributed by atoms with Gasteiger partial charge in [0.05, 0.1) is 6.20 Å². The van der Waals surface area contributed by atoms with Crippen molar-refractivity contribution in [2.75, 3.05) is 0 Å². The number of aromatic nitrogens is 2. The fourth-order valence-corrected chi connectivity index (χ4v) is 6.35. The summed E-state index contributed by atoms with van der Waals surface area (Å²) >= 11 is 5.78. The highest BCUT2D eigenvalue weighted by Crippen LogP contribution is 2.30. The molecule has 6 rings (SSSR count). The zero-order chi connectivity index (χ0) is 44.2. The molecule has 24 heteroatoms.